The van der Waals surface area contributed by atoms with Crippen LogP contribution in [0.4, 0.5) is 13.2 Å². The van der Waals surface area contributed by atoms with Gasteiger partial charge in [-0.15, -0.1) is 0 Å². The summed E-state index contributed by atoms with van der Waals surface area (Å²) in [6.45, 7) is -1.04. The molecular formula is C10H10F3NO4. The van der Waals surface area contributed by atoms with Gasteiger partial charge in [0, 0.05) is 0 Å². The van der Waals surface area contributed by atoms with Crippen LogP contribution in [-0.4, -0.2) is 40.1 Å². The summed E-state index contributed by atoms with van der Waals surface area (Å²) in [6.07, 6.45) is -7.53. The van der Waals surface area contributed by atoms with E-state index in [0.29, 0.717) is 0 Å². The Morgan fingerprint density at radius 2 is 1.94 bits per heavy atom. The molecule has 8 heteroatoms. The number of phenolic OH excluding ortho intramolecular Hbond substituents is 2. The van der Waals surface area contributed by atoms with Crippen LogP contribution in [0.1, 0.15) is 10.4 Å². The summed E-state index contributed by atoms with van der Waals surface area (Å²) >= 11 is 0. The predicted octanol–water partition coefficient (Wildman–Crippen LogP) is 0.751. The van der Waals surface area contributed by atoms with Gasteiger partial charge >= 0.3 is 6.18 Å². The topological polar surface area (TPSA) is 89.8 Å². The minimum absolute atomic E-state index is 0.385. The van der Waals surface area contributed by atoms with Crippen molar-refractivity contribution in [2.45, 2.75) is 12.3 Å². The number of rotatable bonds is 3. The Bertz CT molecular complexity index is 447. The molecule has 0 spiro atoms. The van der Waals surface area contributed by atoms with E-state index in [-0.39, 0.29) is 5.56 Å². The summed E-state index contributed by atoms with van der Waals surface area (Å²) in [5.41, 5.74) is -0.385. The number of hydrogen-bond acceptors (Lipinski definition) is 4. The molecule has 100 valence electrons. The summed E-state index contributed by atoms with van der Waals surface area (Å²) in [7, 11) is 0. The van der Waals surface area contributed by atoms with Gasteiger partial charge in [-0.05, 0) is 12.1 Å². The van der Waals surface area contributed by atoms with Gasteiger partial charge in [-0.1, -0.05) is 6.07 Å². The molecule has 0 aliphatic carbocycles. The van der Waals surface area contributed by atoms with Crippen LogP contribution in [0.2, 0.25) is 0 Å². The molecule has 5 nitrogen and oxygen atoms in total. The van der Waals surface area contributed by atoms with Gasteiger partial charge in [-0.25, -0.2) is 0 Å². The van der Waals surface area contributed by atoms with Gasteiger partial charge in [0.15, 0.2) is 17.6 Å². The molecule has 0 aliphatic heterocycles. The van der Waals surface area contributed by atoms with Gasteiger partial charge in [0.1, 0.15) is 0 Å². The van der Waals surface area contributed by atoms with Crippen LogP contribution < -0.4 is 5.32 Å². The number of aliphatic hydroxyl groups is 1. The van der Waals surface area contributed by atoms with Crippen LogP contribution >= 0.6 is 0 Å². The maximum absolute atomic E-state index is 12.0. The molecule has 4 N–H and O–H groups in total. The molecule has 0 saturated carbocycles. The van der Waals surface area contributed by atoms with Crippen molar-refractivity contribution in [3.05, 3.63) is 23.8 Å². The first-order chi connectivity index (χ1) is 8.23. The minimum Gasteiger partial charge on any atom is -0.504 e. The highest BCUT2D eigenvalue weighted by Crippen LogP contribution is 2.28. The predicted molar refractivity (Wildman–Crippen MR) is 54.2 cm³/mol. The summed E-state index contributed by atoms with van der Waals surface area (Å²) in [5, 5.41) is 28.8. The fourth-order valence-corrected chi connectivity index (χ4v) is 1.11. The first-order valence-corrected chi connectivity index (χ1v) is 4.77. The van der Waals surface area contributed by atoms with E-state index >= 15 is 0 Å². The molecule has 1 atom stereocenters. The van der Waals surface area contributed by atoms with E-state index in [1.807, 2.05) is 0 Å². The van der Waals surface area contributed by atoms with Gasteiger partial charge in [-0.3, -0.25) is 4.79 Å². The number of nitrogens with one attached hydrogen (secondary N) is 1. The number of alkyl halides is 3. The number of para-hydroxylation sites is 1. The van der Waals surface area contributed by atoms with Gasteiger partial charge in [0.25, 0.3) is 5.91 Å². The van der Waals surface area contributed by atoms with Crippen LogP contribution in [0.15, 0.2) is 18.2 Å². The fraction of sp³-hybridized carbons (Fsp3) is 0.300. The third-order valence-corrected chi connectivity index (χ3v) is 2.09. The van der Waals surface area contributed by atoms with Crippen molar-refractivity contribution in [2.24, 2.45) is 0 Å². The molecule has 0 heterocycles. The lowest BCUT2D eigenvalue weighted by molar-refractivity contribution is -0.201. The lowest BCUT2D eigenvalue weighted by atomic mass is 10.1. The molecule has 1 rings (SSSR count). The molecular weight excluding hydrogens is 255 g/mol. The van der Waals surface area contributed by atoms with Gasteiger partial charge in [0.05, 0.1) is 12.1 Å². The van der Waals surface area contributed by atoms with Crippen molar-refractivity contribution in [3.8, 4) is 11.5 Å². The zero-order valence-electron chi connectivity index (χ0n) is 8.90. The van der Waals surface area contributed by atoms with Gasteiger partial charge < -0.3 is 20.6 Å². The van der Waals surface area contributed by atoms with E-state index in [4.69, 9.17) is 10.2 Å². The average Bonchev–Trinajstić information content (AvgIpc) is 2.27. The van der Waals surface area contributed by atoms with E-state index < -0.39 is 36.2 Å². The van der Waals surface area contributed by atoms with Crippen LogP contribution in [0.25, 0.3) is 0 Å². The Hall–Kier alpha value is -1.96. The highest BCUT2D eigenvalue weighted by atomic mass is 19.4. The molecule has 1 aromatic carbocycles. The third-order valence-electron chi connectivity index (χ3n) is 2.09. The number of carbonyl (C=O) groups is 1. The van der Waals surface area contributed by atoms with Crippen molar-refractivity contribution in [3.63, 3.8) is 0 Å². The number of hydrogen-bond donors (Lipinski definition) is 4. The van der Waals surface area contributed by atoms with E-state index in [1.165, 1.54) is 6.07 Å². The Kier molecular flexibility index (Phi) is 4.02. The second-order valence-electron chi connectivity index (χ2n) is 3.44. The number of phenols is 2. The molecule has 0 saturated heterocycles. The first-order valence-electron chi connectivity index (χ1n) is 4.77. The SMILES string of the molecule is O=C(NCC(O)C(F)(F)F)c1cccc(O)c1O. The van der Waals surface area contributed by atoms with Crippen molar-refractivity contribution in [1.82, 2.24) is 5.32 Å². The molecule has 0 aliphatic rings. The zero-order valence-corrected chi connectivity index (χ0v) is 8.90. The van der Waals surface area contributed by atoms with E-state index in [1.54, 1.807) is 5.32 Å². The van der Waals surface area contributed by atoms with Crippen LogP contribution in [0.5, 0.6) is 11.5 Å². The average molecular weight is 265 g/mol. The largest absolute Gasteiger partial charge is 0.504 e. The summed E-state index contributed by atoms with van der Waals surface area (Å²) < 4.78 is 35.9. The molecule has 0 bridgehead atoms. The first kappa shape index (κ1) is 14.1. The lowest BCUT2D eigenvalue weighted by Gasteiger charge is -2.15. The lowest BCUT2D eigenvalue weighted by Crippen LogP contribution is -2.40. The number of halogens is 3. The molecule has 18 heavy (non-hydrogen) atoms. The minimum atomic E-state index is -4.84. The smallest absolute Gasteiger partial charge is 0.416 e. The molecule has 0 radical (unpaired) electrons. The van der Waals surface area contributed by atoms with Crippen molar-refractivity contribution in [2.75, 3.05) is 6.54 Å². The standard InChI is InChI=1S/C10H10F3NO4/c11-10(12,13)7(16)4-14-9(18)5-2-1-3-6(15)8(5)17/h1-3,7,15-17H,4H2,(H,14,18). The molecule has 1 aromatic rings. The van der Waals surface area contributed by atoms with Crippen LogP contribution in [0, 0.1) is 0 Å². The number of carbonyl (C=O) groups excluding carboxylic acids is 1. The number of amides is 1. The quantitative estimate of drug-likeness (QED) is 0.607. The molecule has 1 amide bonds. The zero-order chi connectivity index (χ0) is 13.9. The maximum atomic E-state index is 12.0. The molecule has 0 aromatic heterocycles. The second kappa shape index (κ2) is 5.13. The maximum Gasteiger partial charge on any atom is 0.416 e. The Morgan fingerprint density at radius 1 is 1.33 bits per heavy atom. The fourth-order valence-electron chi connectivity index (χ4n) is 1.11. The Morgan fingerprint density at radius 3 is 2.50 bits per heavy atom. The van der Waals surface area contributed by atoms with E-state index in [0.717, 1.165) is 12.1 Å². The Balaban J connectivity index is 2.70. The third kappa shape index (κ3) is 3.27. The van der Waals surface area contributed by atoms with Crippen molar-refractivity contribution >= 4 is 5.91 Å². The Labute approximate surface area is 99.5 Å². The van der Waals surface area contributed by atoms with E-state index in [2.05, 4.69) is 0 Å². The normalized spacial score (nSPS) is 13.1. The highest BCUT2D eigenvalue weighted by Gasteiger charge is 2.38. The number of benzene rings is 1. The van der Waals surface area contributed by atoms with Gasteiger partial charge in [0.2, 0.25) is 0 Å². The number of aliphatic hydroxyl groups excluding tert-OH is 1. The summed E-state index contributed by atoms with van der Waals surface area (Å²) in [5.74, 6) is -2.35. The molecule has 0 fully saturated rings. The highest BCUT2D eigenvalue weighted by molar-refractivity contribution is 5.97. The van der Waals surface area contributed by atoms with Crippen LogP contribution in [0.3, 0.4) is 0 Å². The van der Waals surface area contributed by atoms with E-state index in [9.17, 15) is 23.1 Å². The van der Waals surface area contributed by atoms with Crippen molar-refractivity contribution < 1.29 is 33.3 Å². The monoisotopic (exact) mass is 265 g/mol. The number of aromatic hydroxyl groups is 2. The van der Waals surface area contributed by atoms with Gasteiger partial charge in [-0.2, -0.15) is 13.2 Å². The second-order valence-corrected chi connectivity index (χ2v) is 3.44. The summed E-state index contributed by atoms with van der Waals surface area (Å²) in [6, 6.07) is 3.46. The van der Waals surface area contributed by atoms with Crippen LogP contribution in [-0.2, 0) is 0 Å². The molecule has 1 unspecified atom stereocenters. The summed E-state index contributed by atoms with van der Waals surface area (Å²) in [4.78, 5) is 11.4. The van der Waals surface area contributed by atoms with Crippen molar-refractivity contribution in [1.29, 1.82) is 0 Å².